The van der Waals surface area contributed by atoms with Gasteiger partial charge in [-0.3, -0.25) is 4.79 Å². The van der Waals surface area contributed by atoms with E-state index in [2.05, 4.69) is 10.0 Å². The standard InChI is InChI=1S/C23H20ClN3O4S/c24-20-9-11-21(12-10-20)31-14-13-26-23(28)18-7-5-17(6-8-18)16-27-32(29,30)22-4-2-1-3-19(22)15-25/h1-12,27H,13-14,16H2,(H,26,28). The van der Waals surface area contributed by atoms with Crippen LogP contribution in [-0.2, 0) is 16.6 Å². The van der Waals surface area contributed by atoms with Crippen molar-refractivity contribution in [2.75, 3.05) is 13.2 Å². The number of amides is 1. The minimum atomic E-state index is -3.84. The summed E-state index contributed by atoms with van der Waals surface area (Å²) in [6.45, 7) is 0.650. The Morgan fingerprint density at radius 2 is 1.69 bits per heavy atom. The van der Waals surface area contributed by atoms with Crippen molar-refractivity contribution >= 4 is 27.5 Å². The lowest BCUT2D eigenvalue weighted by Crippen LogP contribution is -2.28. The molecule has 164 valence electrons. The number of ether oxygens (including phenoxy) is 1. The second-order valence-electron chi connectivity index (χ2n) is 6.69. The van der Waals surface area contributed by atoms with Gasteiger partial charge >= 0.3 is 0 Å². The molecular formula is C23H20ClN3O4S. The largest absolute Gasteiger partial charge is 0.492 e. The van der Waals surface area contributed by atoms with E-state index in [4.69, 9.17) is 21.6 Å². The van der Waals surface area contributed by atoms with Gasteiger partial charge in [-0.25, -0.2) is 13.1 Å². The molecule has 0 aliphatic rings. The average Bonchev–Trinajstić information content (AvgIpc) is 2.82. The number of halogens is 1. The normalized spacial score (nSPS) is 10.9. The quantitative estimate of drug-likeness (QED) is 0.466. The predicted octanol–water partition coefficient (Wildman–Crippen LogP) is 3.50. The van der Waals surface area contributed by atoms with Crippen LogP contribution in [0.1, 0.15) is 21.5 Å². The van der Waals surface area contributed by atoms with Gasteiger partial charge in [0, 0.05) is 17.1 Å². The van der Waals surface area contributed by atoms with E-state index >= 15 is 0 Å². The number of sulfonamides is 1. The molecule has 0 bridgehead atoms. The highest BCUT2D eigenvalue weighted by Gasteiger charge is 2.17. The second kappa shape index (κ2) is 10.8. The molecule has 0 radical (unpaired) electrons. The molecule has 0 fully saturated rings. The van der Waals surface area contributed by atoms with Gasteiger partial charge in [0.25, 0.3) is 5.91 Å². The summed E-state index contributed by atoms with van der Waals surface area (Å²) in [5, 5.41) is 12.5. The van der Waals surface area contributed by atoms with E-state index < -0.39 is 10.0 Å². The summed E-state index contributed by atoms with van der Waals surface area (Å²) in [5.41, 5.74) is 1.19. The maximum Gasteiger partial charge on any atom is 0.251 e. The number of carbonyl (C=O) groups is 1. The van der Waals surface area contributed by atoms with Crippen LogP contribution < -0.4 is 14.8 Å². The zero-order valence-corrected chi connectivity index (χ0v) is 18.5. The molecule has 0 spiro atoms. The van der Waals surface area contributed by atoms with Crippen molar-refractivity contribution in [3.63, 3.8) is 0 Å². The molecule has 7 nitrogen and oxygen atoms in total. The molecule has 3 aromatic carbocycles. The van der Waals surface area contributed by atoms with Crippen LogP contribution in [0.2, 0.25) is 5.02 Å². The Bertz CT molecular complexity index is 1220. The third-order valence-electron chi connectivity index (χ3n) is 4.45. The number of hydrogen-bond donors (Lipinski definition) is 2. The number of benzene rings is 3. The van der Waals surface area contributed by atoms with E-state index in [1.54, 1.807) is 60.7 Å². The highest BCUT2D eigenvalue weighted by atomic mass is 35.5. The number of nitriles is 1. The van der Waals surface area contributed by atoms with Gasteiger partial charge in [0.2, 0.25) is 10.0 Å². The lowest BCUT2D eigenvalue weighted by atomic mass is 10.1. The summed E-state index contributed by atoms with van der Waals surface area (Å²) in [4.78, 5) is 12.2. The molecule has 0 unspecified atom stereocenters. The van der Waals surface area contributed by atoms with Crippen molar-refractivity contribution in [2.45, 2.75) is 11.4 Å². The summed E-state index contributed by atoms with van der Waals surface area (Å²) in [7, 11) is -3.84. The Balaban J connectivity index is 1.49. The fraction of sp³-hybridized carbons (Fsp3) is 0.130. The summed E-state index contributed by atoms with van der Waals surface area (Å²) < 4.78 is 33.0. The van der Waals surface area contributed by atoms with Gasteiger partial charge < -0.3 is 10.1 Å². The molecule has 3 aromatic rings. The topological polar surface area (TPSA) is 108 Å². The summed E-state index contributed by atoms with van der Waals surface area (Å²) in [6, 6.07) is 21.4. The van der Waals surface area contributed by atoms with E-state index in [0.29, 0.717) is 35.1 Å². The molecule has 0 aliphatic heterocycles. The zero-order valence-electron chi connectivity index (χ0n) is 16.9. The Morgan fingerprint density at radius 1 is 1.00 bits per heavy atom. The first-order chi connectivity index (χ1) is 15.4. The van der Waals surface area contributed by atoms with E-state index in [-0.39, 0.29) is 22.9 Å². The van der Waals surface area contributed by atoms with Gasteiger partial charge in [-0.2, -0.15) is 5.26 Å². The predicted molar refractivity (Wildman–Crippen MR) is 121 cm³/mol. The first kappa shape index (κ1) is 23.3. The molecule has 0 saturated carbocycles. The van der Waals surface area contributed by atoms with Crippen molar-refractivity contribution in [3.05, 3.63) is 94.5 Å². The van der Waals surface area contributed by atoms with Crippen LogP contribution in [0.4, 0.5) is 0 Å². The second-order valence-corrected chi connectivity index (χ2v) is 8.86. The van der Waals surface area contributed by atoms with Crippen LogP contribution in [0.5, 0.6) is 5.75 Å². The molecule has 9 heteroatoms. The SMILES string of the molecule is N#Cc1ccccc1S(=O)(=O)NCc1ccc(C(=O)NCCOc2ccc(Cl)cc2)cc1. The lowest BCUT2D eigenvalue weighted by Gasteiger charge is -2.10. The van der Waals surface area contributed by atoms with E-state index in [1.807, 2.05) is 6.07 Å². The Morgan fingerprint density at radius 3 is 2.38 bits per heavy atom. The Hall–Kier alpha value is -3.38. The van der Waals surface area contributed by atoms with Crippen molar-refractivity contribution in [2.24, 2.45) is 0 Å². The molecule has 3 rings (SSSR count). The van der Waals surface area contributed by atoms with Crippen LogP contribution in [0.3, 0.4) is 0 Å². The van der Waals surface area contributed by atoms with Crippen LogP contribution >= 0.6 is 11.6 Å². The van der Waals surface area contributed by atoms with Crippen LogP contribution in [0.15, 0.2) is 77.7 Å². The van der Waals surface area contributed by atoms with Crippen LogP contribution in [0, 0.1) is 11.3 Å². The summed E-state index contributed by atoms with van der Waals surface area (Å²) >= 11 is 5.82. The first-order valence-electron chi connectivity index (χ1n) is 9.63. The molecule has 0 aliphatic carbocycles. The van der Waals surface area contributed by atoms with Crippen molar-refractivity contribution < 1.29 is 17.9 Å². The van der Waals surface area contributed by atoms with Gasteiger partial charge in [-0.05, 0) is 54.1 Å². The van der Waals surface area contributed by atoms with Gasteiger partial charge in [-0.15, -0.1) is 0 Å². The maximum absolute atomic E-state index is 12.5. The van der Waals surface area contributed by atoms with Gasteiger partial charge in [0.1, 0.15) is 18.4 Å². The lowest BCUT2D eigenvalue weighted by molar-refractivity contribution is 0.0947. The van der Waals surface area contributed by atoms with Crippen molar-refractivity contribution in [1.29, 1.82) is 5.26 Å². The molecule has 1 amide bonds. The fourth-order valence-corrected chi connectivity index (χ4v) is 4.09. The van der Waals surface area contributed by atoms with Gasteiger partial charge in [0.05, 0.1) is 17.0 Å². The monoisotopic (exact) mass is 469 g/mol. The Labute approximate surface area is 191 Å². The van der Waals surface area contributed by atoms with Gasteiger partial charge in [0.15, 0.2) is 0 Å². The summed E-state index contributed by atoms with van der Waals surface area (Å²) in [6.07, 6.45) is 0. The first-order valence-corrected chi connectivity index (χ1v) is 11.5. The minimum Gasteiger partial charge on any atom is -0.492 e. The maximum atomic E-state index is 12.5. The third kappa shape index (κ3) is 6.31. The van der Waals surface area contributed by atoms with Crippen molar-refractivity contribution in [3.8, 4) is 11.8 Å². The smallest absolute Gasteiger partial charge is 0.251 e. The number of hydrogen-bond acceptors (Lipinski definition) is 5. The molecule has 0 saturated heterocycles. The molecule has 0 atom stereocenters. The number of carbonyl (C=O) groups excluding carboxylic acids is 1. The van der Waals surface area contributed by atoms with E-state index in [0.717, 1.165) is 0 Å². The third-order valence-corrected chi connectivity index (χ3v) is 6.16. The minimum absolute atomic E-state index is 0.0267. The Kier molecular flexibility index (Phi) is 7.84. The molecule has 0 heterocycles. The van der Waals surface area contributed by atoms with E-state index in [1.165, 1.54) is 12.1 Å². The fourth-order valence-electron chi connectivity index (χ4n) is 2.79. The summed E-state index contributed by atoms with van der Waals surface area (Å²) in [5.74, 6) is 0.396. The number of nitrogens with zero attached hydrogens (tertiary/aromatic N) is 1. The molecular weight excluding hydrogens is 450 g/mol. The van der Waals surface area contributed by atoms with Gasteiger partial charge in [-0.1, -0.05) is 35.9 Å². The highest BCUT2D eigenvalue weighted by Crippen LogP contribution is 2.16. The number of nitrogens with one attached hydrogen (secondary N) is 2. The van der Waals surface area contributed by atoms with Crippen LogP contribution in [0.25, 0.3) is 0 Å². The molecule has 2 N–H and O–H groups in total. The number of rotatable bonds is 9. The highest BCUT2D eigenvalue weighted by molar-refractivity contribution is 7.89. The van der Waals surface area contributed by atoms with E-state index in [9.17, 15) is 13.2 Å². The molecule has 32 heavy (non-hydrogen) atoms. The average molecular weight is 470 g/mol. The molecule has 0 aromatic heterocycles. The van der Waals surface area contributed by atoms with Crippen LogP contribution in [-0.4, -0.2) is 27.5 Å². The zero-order chi connectivity index (χ0) is 23.0. The van der Waals surface area contributed by atoms with Crippen molar-refractivity contribution in [1.82, 2.24) is 10.0 Å².